The molecule has 4 aromatic rings. The summed E-state index contributed by atoms with van der Waals surface area (Å²) in [5, 5.41) is 0.751. The van der Waals surface area contributed by atoms with Gasteiger partial charge in [-0.25, -0.2) is 4.79 Å². The van der Waals surface area contributed by atoms with Gasteiger partial charge in [0.05, 0.1) is 7.11 Å². The number of fused-ring (bicyclic) bond motifs is 1. The average Bonchev–Trinajstić information content (AvgIpc) is 3.61. The largest absolute Gasteiger partial charge is 0.543 e. The molecular formula is C47H57NO13SSi. The minimum Gasteiger partial charge on any atom is -0.543 e. The van der Waals surface area contributed by atoms with E-state index in [2.05, 4.69) is 38.8 Å². The summed E-state index contributed by atoms with van der Waals surface area (Å²) < 4.78 is 47.0. The Bertz CT molecular complexity index is 2280. The zero-order valence-corrected chi connectivity index (χ0v) is 39.2. The van der Waals surface area contributed by atoms with Gasteiger partial charge in [-0.05, 0) is 116 Å². The molecule has 3 aromatic carbocycles. The van der Waals surface area contributed by atoms with Crippen molar-refractivity contribution in [3.8, 4) is 27.7 Å². The van der Waals surface area contributed by atoms with Crippen molar-refractivity contribution < 1.29 is 61.6 Å². The molecule has 0 saturated carbocycles. The number of rotatable bonds is 15. The highest BCUT2D eigenvalue weighted by molar-refractivity contribution is 7.22. The van der Waals surface area contributed by atoms with Gasteiger partial charge in [0.2, 0.25) is 20.7 Å². The summed E-state index contributed by atoms with van der Waals surface area (Å²) in [6.07, 6.45) is -3.95. The van der Waals surface area contributed by atoms with Crippen LogP contribution in [0.2, 0.25) is 18.1 Å². The van der Waals surface area contributed by atoms with E-state index in [1.165, 1.54) is 30.6 Å². The van der Waals surface area contributed by atoms with Crippen LogP contribution >= 0.6 is 11.3 Å². The third-order valence-electron chi connectivity index (χ3n) is 11.5. The molecule has 16 heteroatoms. The highest BCUT2D eigenvalue weighted by atomic mass is 32.1. The maximum Gasteiger partial charge on any atom is 0.339 e. The van der Waals surface area contributed by atoms with E-state index in [0.29, 0.717) is 33.9 Å². The molecule has 0 bridgehead atoms. The maximum atomic E-state index is 14.6. The lowest BCUT2D eigenvalue weighted by Gasteiger charge is -2.43. The Hall–Kier alpha value is -5.29. The molecule has 6 rings (SSSR count). The molecule has 2 aliphatic heterocycles. The van der Waals surface area contributed by atoms with Gasteiger partial charge in [0.1, 0.15) is 23.9 Å². The van der Waals surface area contributed by atoms with Gasteiger partial charge >= 0.3 is 23.9 Å². The Kier molecular flexibility index (Phi) is 15.0. The van der Waals surface area contributed by atoms with Crippen molar-refractivity contribution in [2.75, 3.05) is 33.4 Å². The zero-order valence-electron chi connectivity index (χ0n) is 37.4. The minimum atomic E-state index is -2.18. The molecule has 2 fully saturated rings. The summed E-state index contributed by atoms with van der Waals surface area (Å²) in [6, 6.07) is 19.9. The third kappa shape index (κ3) is 11.5. The number of piperidine rings is 1. The normalized spacial score (nSPS) is 20.6. The van der Waals surface area contributed by atoms with Crippen molar-refractivity contribution in [2.45, 2.75) is 110 Å². The van der Waals surface area contributed by atoms with Crippen LogP contribution in [0.1, 0.15) is 76.7 Å². The fourth-order valence-electron chi connectivity index (χ4n) is 7.33. The summed E-state index contributed by atoms with van der Waals surface area (Å²) in [4.78, 5) is 67.4. The Morgan fingerprint density at radius 3 is 1.95 bits per heavy atom. The fraction of sp³-hybridized carbons (Fsp3) is 0.468. The number of benzene rings is 3. The monoisotopic (exact) mass is 903 g/mol. The van der Waals surface area contributed by atoms with Gasteiger partial charge in [-0.3, -0.25) is 24.1 Å². The smallest absolute Gasteiger partial charge is 0.339 e. The quantitative estimate of drug-likeness (QED) is 0.0487. The molecule has 2 saturated heterocycles. The predicted octanol–water partition coefficient (Wildman–Crippen LogP) is 8.12. The summed E-state index contributed by atoms with van der Waals surface area (Å²) >= 11 is 1.46. The molecule has 3 heterocycles. The lowest BCUT2D eigenvalue weighted by Crippen LogP contribution is -2.64. The van der Waals surface area contributed by atoms with Crippen LogP contribution in [0.4, 0.5) is 0 Å². The van der Waals surface area contributed by atoms with Gasteiger partial charge in [0.15, 0.2) is 24.1 Å². The minimum absolute atomic E-state index is 0.0244. The molecule has 63 heavy (non-hydrogen) atoms. The Morgan fingerprint density at radius 1 is 0.762 bits per heavy atom. The maximum absolute atomic E-state index is 14.6. The van der Waals surface area contributed by atoms with Gasteiger partial charge in [-0.15, -0.1) is 11.3 Å². The van der Waals surface area contributed by atoms with Crippen LogP contribution in [0.3, 0.4) is 0 Å². The first kappa shape index (κ1) is 47.2. The average molecular weight is 904 g/mol. The van der Waals surface area contributed by atoms with Crippen LogP contribution in [0.5, 0.6) is 17.2 Å². The SMILES string of the molecule is COC(=O)[C@H]1O[C@@H](Oc2ccc(-c3sc4cc(O[Si](C)(C)C(C)(C)C)ccc4c3C(=O)c3ccc(OCCN4CCCCC4)cc3)cc2)[C@H](OC(C)=O)[C@@H](OC(C)=O)[C@@H]1OC(C)=O. The summed E-state index contributed by atoms with van der Waals surface area (Å²) in [6.45, 7) is 17.9. The number of methoxy groups -OCH3 is 1. The predicted molar refractivity (Wildman–Crippen MR) is 239 cm³/mol. The number of ketones is 1. The van der Waals surface area contributed by atoms with Crippen LogP contribution < -0.4 is 13.9 Å². The number of ether oxygens (including phenoxy) is 7. The molecule has 5 atom stereocenters. The summed E-state index contributed by atoms with van der Waals surface area (Å²) in [5.41, 5.74) is 1.73. The number of carbonyl (C=O) groups is 5. The number of hydrogen-bond acceptors (Lipinski definition) is 15. The number of hydrogen-bond donors (Lipinski definition) is 0. The number of carbonyl (C=O) groups excluding carboxylic acids is 5. The van der Waals surface area contributed by atoms with E-state index in [9.17, 15) is 24.0 Å². The van der Waals surface area contributed by atoms with Crippen molar-refractivity contribution in [1.82, 2.24) is 4.90 Å². The topological polar surface area (TPSA) is 162 Å². The van der Waals surface area contributed by atoms with Gasteiger partial charge in [-0.1, -0.05) is 27.2 Å². The van der Waals surface area contributed by atoms with Gasteiger partial charge in [0.25, 0.3) is 0 Å². The van der Waals surface area contributed by atoms with Gasteiger partial charge in [0, 0.05) is 53.4 Å². The van der Waals surface area contributed by atoms with E-state index in [1.807, 2.05) is 30.3 Å². The van der Waals surface area contributed by atoms with Crippen LogP contribution in [0.25, 0.3) is 20.5 Å². The Morgan fingerprint density at radius 2 is 1.35 bits per heavy atom. The van der Waals surface area contributed by atoms with E-state index in [4.69, 9.17) is 37.6 Å². The molecule has 0 radical (unpaired) electrons. The van der Waals surface area contributed by atoms with Crippen molar-refractivity contribution in [2.24, 2.45) is 0 Å². The first-order valence-corrected chi connectivity index (χ1v) is 24.8. The summed E-state index contributed by atoms with van der Waals surface area (Å²) in [7, 11) is -1.07. The molecule has 0 aliphatic carbocycles. The standard InChI is InChI=1S/C47H57NO13SSi/c1-28(49)56-40-41(57-29(2)50)43(58-30(3)51)46(60-42(40)45(53)54-7)59-34-19-15-32(16-20-34)44-38(36-22-21-35(27-37(36)62-44)61-63(8,9)47(4,5)6)39(52)31-13-17-33(18-14-31)55-26-25-48-23-11-10-12-24-48/h13-22,27,40-43,46H,10-12,23-26H2,1-9H3/t40-,41-,42-,43+,46+/m0/s1. The number of thiophene rings is 1. The molecule has 338 valence electrons. The summed E-state index contributed by atoms with van der Waals surface area (Å²) in [5.74, 6) is -1.86. The van der Waals surface area contributed by atoms with Crippen LogP contribution in [-0.2, 0) is 42.9 Å². The van der Waals surface area contributed by atoms with Crippen LogP contribution in [0, 0.1) is 0 Å². The highest BCUT2D eigenvalue weighted by Gasteiger charge is 2.56. The number of nitrogens with zero attached hydrogens (tertiary/aromatic N) is 1. The molecule has 1 aromatic heterocycles. The second kappa shape index (κ2) is 20.0. The highest BCUT2D eigenvalue weighted by Crippen LogP contribution is 2.44. The van der Waals surface area contributed by atoms with Crippen molar-refractivity contribution in [3.63, 3.8) is 0 Å². The molecule has 0 spiro atoms. The first-order valence-electron chi connectivity index (χ1n) is 21.1. The van der Waals surface area contributed by atoms with Crippen molar-refractivity contribution in [3.05, 3.63) is 77.9 Å². The lowest BCUT2D eigenvalue weighted by molar-refractivity contribution is -0.282. The van der Waals surface area contributed by atoms with E-state index in [1.54, 1.807) is 36.4 Å². The molecule has 14 nitrogen and oxygen atoms in total. The number of likely N-dealkylation sites (tertiary alicyclic amines) is 1. The second-order valence-electron chi connectivity index (χ2n) is 17.2. The molecule has 0 N–H and O–H groups in total. The Labute approximate surface area is 373 Å². The molecule has 2 aliphatic rings. The van der Waals surface area contributed by atoms with E-state index in [-0.39, 0.29) is 16.6 Å². The zero-order chi connectivity index (χ0) is 45.6. The molecule has 0 amide bonds. The van der Waals surface area contributed by atoms with Gasteiger partial charge < -0.3 is 37.6 Å². The second-order valence-corrected chi connectivity index (χ2v) is 23.0. The van der Waals surface area contributed by atoms with E-state index < -0.39 is 62.9 Å². The van der Waals surface area contributed by atoms with E-state index in [0.717, 1.165) is 63.4 Å². The van der Waals surface area contributed by atoms with Crippen molar-refractivity contribution >= 4 is 59.4 Å². The fourth-order valence-corrected chi connectivity index (χ4v) is 9.59. The number of esters is 4. The van der Waals surface area contributed by atoms with Crippen LogP contribution in [0.15, 0.2) is 66.7 Å². The lowest BCUT2D eigenvalue weighted by atomic mass is 9.97. The van der Waals surface area contributed by atoms with Crippen LogP contribution in [-0.4, -0.2) is 107 Å². The Balaban J connectivity index is 1.32. The van der Waals surface area contributed by atoms with Gasteiger partial charge in [-0.2, -0.15) is 0 Å². The molecular weight excluding hydrogens is 847 g/mol. The molecule has 0 unspecified atom stereocenters. The third-order valence-corrected chi connectivity index (χ3v) is 17.1. The van der Waals surface area contributed by atoms with Crippen molar-refractivity contribution in [1.29, 1.82) is 0 Å². The van der Waals surface area contributed by atoms with E-state index >= 15 is 0 Å². The first-order chi connectivity index (χ1) is 29.8.